The third-order valence-electron chi connectivity index (χ3n) is 2.82. The summed E-state index contributed by atoms with van der Waals surface area (Å²) >= 11 is 0. The van der Waals surface area contributed by atoms with Crippen LogP contribution in [0.5, 0.6) is 0 Å². The fourth-order valence-corrected chi connectivity index (χ4v) is 1.93. The highest BCUT2D eigenvalue weighted by molar-refractivity contribution is 5.72. The van der Waals surface area contributed by atoms with Gasteiger partial charge in [-0.1, -0.05) is 12.1 Å². The third-order valence-corrected chi connectivity index (χ3v) is 2.82. The third kappa shape index (κ3) is 1.52. The van der Waals surface area contributed by atoms with Crippen molar-refractivity contribution in [3.63, 3.8) is 0 Å². The minimum atomic E-state index is -0.759. The predicted molar refractivity (Wildman–Crippen MR) is 56.7 cm³/mol. The van der Waals surface area contributed by atoms with Crippen molar-refractivity contribution in [1.82, 2.24) is 0 Å². The van der Waals surface area contributed by atoms with Crippen LogP contribution < -0.4 is 10.1 Å². The van der Waals surface area contributed by atoms with Gasteiger partial charge in [-0.3, -0.25) is 10.4 Å². The number of aliphatic hydroxyl groups excluding tert-OH is 2. The number of fused-ring (bicyclic) bond motifs is 1. The Balaban J connectivity index is 2.46. The van der Waals surface area contributed by atoms with E-state index in [0.717, 1.165) is 10.1 Å². The molecule has 0 spiro atoms. The van der Waals surface area contributed by atoms with E-state index in [1.54, 1.807) is 24.3 Å². The highest BCUT2D eigenvalue weighted by Gasteiger charge is 2.37. The zero-order valence-electron chi connectivity index (χ0n) is 8.56. The van der Waals surface area contributed by atoms with Gasteiger partial charge in [-0.05, 0) is 12.1 Å². The number of rotatable bonds is 2. The molecule has 2 rings (SSSR count). The number of hydrogen-bond donors (Lipinski definition) is 4. The predicted octanol–water partition coefficient (Wildman–Crippen LogP) is -0.187. The summed E-state index contributed by atoms with van der Waals surface area (Å²) in [5, 5.41) is 39.8. The highest BCUT2D eigenvalue weighted by atomic mass is 16.5. The minimum Gasteiger partial charge on any atom is -0.394 e. The number of hydroxylamine groups is 2. The Morgan fingerprint density at radius 1 is 0.875 bits per heavy atom. The van der Waals surface area contributed by atoms with Crippen LogP contribution in [-0.4, -0.2) is 45.9 Å². The summed E-state index contributed by atoms with van der Waals surface area (Å²) in [4.78, 5) is 0. The van der Waals surface area contributed by atoms with Gasteiger partial charge < -0.3 is 10.2 Å². The Bertz CT molecular complexity index is 339. The van der Waals surface area contributed by atoms with Gasteiger partial charge >= 0.3 is 0 Å². The Kier molecular flexibility index (Phi) is 2.97. The van der Waals surface area contributed by atoms with E-state index in [1.807, 2.05) is 0 Å². The zero-order valence-corrected chi connectivity index (χ0v) is 8.56. The van der Waals surface area contributed by atoms with Crippen molar-refractivity contribution in [2.75, 3.05) is 23.3 Å². The number of aliphatic hydroxyl groups is 2. The van der Waals surface area contributed by atoms with Crippen LogP contribution in [-0.2, 0) is 0 Å². The molecule has 0 saturated heterocycles. The van der Waals surface area contributed by atoms with Crippen LogP contribution in [0.1, 0.15) is 0 Å². The van der Waals surface area contributed by atoms with Crippen LogP contribution in [0.25, 0.3) is 0 Å². The first-order chi connectivity index (χ1) is 7.70. The minimum absolute atomic E-state index is 0.368. The van der Waals surface area contributed by atoms with Gasteiger partial charge in [0, 0.05) is 0 Å². The summed E-state index contributed by atoms with van der Waals surface area (Å²) in [7, 11) is 0. The van der Waals surface area contributed by atoms with Crippen LogP contribution in [0, 0.1) is 0 Å². The van der Waals surface area contributed by atoms with Gasteiger partial charge in [-0.2, -0.15) is 0 Å². The first-order valence-corrected chi connectivity index (χ1v) is 4.97. The molecule has 4 N–H and O–H groups in total. The monoisotopic (exact) mass is 226 g/mol. The molecule has 88 valence electrons. The van der Waals surface area contributed by atoms with Crippen molar-refractivity contribution in [3.05, 3.63) is 24.3 Å². The Hall–Kier alpha value is -1.34. The van der Waals surface area contributed by atoms with Gasteiger partial charge in [0.1, 0.15) is 12.1 Å². The quantitative estimate of drug-likeness (QED) is 0.559. The van der Waals surface area contributed by atoms with Gasteiger partial charge in [0.15, 0.2) is 0 Å². The standard InChI is InChI=1S/C10H14N2O4/c13-5-9-10(6-14)12(16)8-4-2-1-3-7(8)11(9)15/h1-4,9-10,13-16H,5-6H2/t9-,10+. The summed E-state index contributed by atoms with van der Waals surface area (Å²) in [5.74, 6) is 0. The second kappa shape index (κ2) is 4.26. The molecule has 1 heterocycles. The van der Waals surface area contributed by atoms with Crippen molar-refractivity contribution in [2.45, 2.75) is 12.1 Å². The van der Waals surface area contributed by atoms with Crippen molar-refractivity contribution in [1.29, 1.82) is 0 Å². The van der Waals surface area contributed by atoms with Crippen LogP contribution in [0.15, 0.2) is 24.3 Å². The maximum Gasteiger partial charge on any atom is 0.104 e. The SMILES string of the molecule is OC[C@@H]1[C@H](CO)N(O)c2ccccc2N1O. The van der Waals surface area contributed by atoms with Gasteiger partial charge in [0.25, 0.3) is 0 Å². The molecule has 0 fully saturated rings. The lowest BCUT2D eigenvalue weighted by atomic mass is 10.0. The first-order valence-electron chi connectivity index (χ1n) is 4.97. The molecule has 0 unspecified atom stereocenters. The van der Waals surface area contributed by atoms with Gasteiger partial charge in [-0.15, -0.1) is 0 Å². The van der Waals surface area contributed by atoms with Gasteiger partial charge in [-0.25, -0.2) is 10.1 Å². The number of nitrogens with zero attached hydrogens (tertiary/aromatic N) is 2. The second-order valence-electron chi connectivity index (χ2n) is 3.68. The molecule has 1 aromatic carbocycles. The van der Waals surface area contributed by atoms with E-state index in [9.17, 15) is 10.4 Å². The average Bonchev–Trinajstić information content (AvgIpc) is 2.33. The van der Waals surface area contributed by atoms with Crippen molar-refractivity contribution in [2.24, 2.45) is 0 Å². The molecule has 0 aromatic heterocycles. The fourth-order valence-electron chi connectivity index (χ4n) is 1.93. The highest BCUT2D eigenvalue weighted by Crippen LogP contribution is 2.35. The Morgan fingerprint density at radius 3 is 1.56 bits per heavy atom. The Morgan fingerprint density at radius 2 is 1.25 bits per heavy atom. The van der Waals surface area contributed by atoms with Crippen molar-refractivity contribution < 1.29 is 20.6 Å². The van der Waals surface area contributed by atoms with Crippen LogP contribution in [0.3, 0.4) is 0 Å². The molecule has 0 bridgehead atoms. The van der Waals surface area contributed by atoms with Gasteiger partial charge in [0.05, 0.1) is 24.6 Å². The number of para-hydroxylation sites is 2. The smallest absolute Gasteiger partial charge is 0.104 e. The molecule has 1 aliphatic heterocycles. The van der Waals surface area contributed by atoms with Crippen molar-refractivity contribution in [3.8, 4) is 0 Å². The van der Waals surface area contributed by atoms with Crippen LogP contribution in [0.4, 0.5) is 11.4 Å². The lowest BCUT2D eigenvalue weighted by Crippen LogP contribution is -2.57. The molecule has 16 heavy (non-hydrogen) atoms. The summed E-state index contributed by atoms with van der Waals surface area (Å²) in [6.45, 7) is -0.736. The van der Waals surface area contributed by atoms with Crippen LogP contribution in [0.2, 0.25) is 0 Å². The number of benzene rings is 1. The molecule has 6 heteroatoms. The number of hydrogen-bond acceptors (Lipinski definition) is 6. The Labute approximate surface area is 92.5 Å². The van der Waals surface area contributed by atoms with Crippen LogP contribution >= 0.6 is 0 Å². The molecule has 1 aliphatic rings. The van der Waals surface area contributed by atoms with E-state index in [0.29, 0.717) is 11.4 Å². The van der Waals surface area contributed by atoms with E-state index < -0.39 is 12.1 Å². The van der Waals surface area contributed by atoms with E-state index >= 15 is 0 Å². The maximum atomic E-state index is 9.86. The van der Waals surface area contributed by atoms with E-state index in [1.165, 1.54) is 0 Å². The topological polar surface area (TPSA) is 87.4 Å². The van der Waals surface area contributed by atoms with E-state index in [4.69, 9.17) is 10.2 Å². The fraction of sp³-hybridized carbons (Fsp3) is 0.400. The van der Waals surface area contributed by atoms with Gasteiger partial charge in [0.2, 0.25) is 0 Å². The molecule has 0 saturated carbocycles. The molecule has 0 amide bonds. The zero-order chi connectivity index (χ0) is 11.7. The first kappa shape index (κ1) is 11.2. The lowest BCUT2D eigenvalue weighted by Gasteiger charge is -2.42. The summed E-state index contributed by atoms with van der Waals surface area (Å²) in [6, 6.07) is 5.14. The average molecular weight is 226 g/mol. The number of anilines is 2. The maximum absolute atomic E-state index is 9.86. The molecule has 0 aliphatic carbocycles. The second-order valence-corrected chi connectivity index (χ2v) is 3.68. The van der Waals surface area contributed by atoms with E-state index in [2.05, 4.69) is 0 Å². The molecular weight excluding hydrogens is 212 g/mol. The lowest BCUT2D eigenvalue weighted by molar-refractivity contribution is 0.0711. The largest absolute Gasteiger partial charge is 0.394 e. The molecule has 1 aromatic rings. The van der Waals surface area contributed by atoms with Crippen molar-refractivity contribution >= 4 is 11.4 Å². The molecular formula is C10H14N2O4. The molecule has 0 radical (unpaired) electrons. The summed E-state index contributed by atoms with van der Waals surface area (Å²) in [6.07, 6.45) is 0. The molecule has 2 atom stereocenters. The summed E-state index contributed by atoms with van der Waals surface area (Å²) in [5.41, 5.74) is 0.794. The normalized spacial score (nSPS) is 24.5. The van der Waals surface area contributed by atoms with E-state index in [-0.39, 0.29) is 13.2 Å². The molecule has 6 nitrogen and oxygen atoms in total. The summed E-state index contributed by atoms with van der Waals surface area (Å²) < 4.78 is 0.